The predicted octanol–water partition coefficient (Wildman–Crippen LogP) is 4.76. The second kappa shape index (κ2) is 22.9. The van der Waals surface area contributed by atoms with Gasteiger partial charge >= 0.3 is 11.9 Å². The SMILES string of the molecule is CCCCCCCCCCCCCCCCCC(=O)O.O=C(O)[C@H](O)CO. The minimum Gasteiger partial charge on any atom is -0.481 e. The van der Waals surface area contributed by atoms with E-state index in [0.29, 0.717) is 6.42 Å². The van der Waals surface area contributed by atoms with Crippen molar-refractivity contribution in [2.24, 2.45) is 0 Å². The molecule has 0 spiro atoms. The molecule has 0 unspecified atom stereocenters. The summed E-state index contributed by atoms with van der Waals surface area (Å²) in [7, 11) is 0. The fourth-order valence-corrected chi connectivity index (χ4v) is 2.73. The van der Waals surface area contributed by atoms with Crippen LogP contribution in [0.4, 0.5) is 0 Å². The summed E-state index contributed by atoms with van der Waals surface area (Å²) < 4.78 is 0. The standard InChI is InChI=1S/C18H36O2.C3H6O4/c1-2-3-4-5-6-7-8-9-10-11-12-13-14-15-16-17-18(19)20;4-1-2(5)3(6)7/h2-17H2,1H3,(H,19,20);2,4-5H,1H2,(H,6,7)/t;2-/m.1/s1. The Morgan fingerprint density at radius 2 is 1.00 bits per heavy atom. The van der Waals surface area contributed by atoms with Crippen LogP contribution in [0.25, 0.3) is 0 Å². The molecule has 0 aromatic heterocycles. The van der Waals surface area contributed by atoms with Gasteiger partial charge in [-0.05, 0) is 6.42 Å². The minimum absolute atomic E-state index is 0.345. The van der Waals surface area contributed by atoms with Crippen LogP contribution in [0.15, 0.2) is 0 Å². The van der Waals surface area contributed by atoms with Crippen molar-refractivity contribution in [2.45, 2.75) is 116 Å². The van der Waals surface area contributed by atoms with E-state index < -0.39 is 24.6 Å². The van der Waals surface area contributed by atoms with E-state index in [2.05, 4.69) is 6.92 Å². The highest BCUT2D eigenvalue weighted by Gasteiger charge is 2.09. The Morgan fingerprint density at radius 1 is 0.667 bits per heavy atom. The van der Waals surface area contributed by atoms with Gasteiger partial charge in [0.05, 0.1) is 6.61 Å². The van der Waals surface area contributed by atoms with Crippen LogP contribution in [0.1, 0.15) is 110 Å². The molecule has 1 atom stereocenters. The Balaban J connectivity index is 0. The van der Waals surface area contributed by atoms with Crippen molar-refractivity contribution in [3.63, 3.8) is 0 Å². The van der Waals surface area contributed by atoms with Gasteiger partial charge in [0.15, 0.2) is 6.10 Å². The maximum atomic E-state index is 10.3. The summed E-state index contributed by atoms with van der Waals surface area (Å²) in [5.74, 6) is -2.05. The molecular weight excluding hydrogens is 348 g/mol. The van der Waals surface area contributed by atoms with Crippen LogP contribution in [-0.2, 0) is 9.59 Å². The first-order valence-corrected chi connectivity index (χ1v) is 10.7. The van der Waals surface area contributed by atoms with Gasteiger partial charge in [0.2, 0.25) is 0 Å². The number of aliphatic hydroxyl groups excluding tert-OH is 2. The zero-order valence-electron chi connectivity index (χ0n) is 17.2. The molecule has 0 heterocycles. The molecule has 6 heteroatoms. The molecule has 0 aliphatic carbocycles. The molecule has 0 aromatic rings. The number of unbranched alkanes of at least 4 members (excludes halogenated alkanes) is 14. The van der Waals surface area contributed by atoms with Crippen LogP contribution in [0, 0.1) is 0 Å². The van der Waals surface area contributed by atoms with Gasteiger partial charge in [-0.2, -0.15) is 0 Å². The van der Waals surface area contributed by atoms with Crippen molar-refractivity contribution < 1.29 is 30.0 Å². The second-order valence-electron chi connectivity index (χ2n) is 7.13. The molecule has 0 saturated carbocycles. The van der Waals surface area contributed by atoms with Gasteiger partial charge in [0.1, 0.15) is 0 Å². The molecule has 0 fully saturated rings. The summed E-state index contributed by atoms with van der Waals surface area (Å²) in [6.07, 6.45) is 18.6. The van der Waals surface area contributed by atoms with Crippen molar-refractivity contribution in [2.75, 3.05) is 6.61 Å². The van der Waals surface area contributed by atoms with Crippen molar-refractivity contribution in [1.29, 1.82) is 0 Å². The molecule has 0 rings (SSSR count). The lowest BCUT2D eigenvalue weighted by atomic mass is 10.0. The zero-order valence-corrected chi connectivity index (χ0v) is 17.2. The number of aliphatic hydroxyl groups is 2. The van der Waals surface area contributed by atoms with Crippen LogP contribution in [0.5, 0.6) is 0 Å². The lowest BCUT2D eigenvalue weighted by Crippen LogP contribution is -2.22. The van der Waals surface area contributed by atoms with Gasteiger partial charge in [-0.15, -0.1) is 0 Å². The molecule has 6 nitrogen and oxygen atoms in total. The van der Waals surface area contributed by atoms with Gasteiger partial charge in [0, 0.05) is 6.42 Å². The van der Waals surface area contributed by atoms with Crippen LogP contribution < -0.4 is 0 Å². The molecule has 27 heavy (non-hydrogen) atoms. The number of carbonyl (C=O) groups is 2. The number of aliphatic carboxylic acids is 2. The molecule has 0 aliphatic heterocycles. The van der Waals surface area contributed by atoms with E-state index in [9.17, 15) is 9.59 Å². The van der Waals surface area contributed by atoms with Gasteiger partial charge in [-0.25, -0.2) is 4.79 Å². The fourth-order valence-electron chi connectivity index (χ4n) is 2.73. The van der Waals surface area contributed by atoms with E-state index in [0.717, 1.165) is 12.8 Å². The monoisotopic (exact) mass is 390 g/mol. The van der Waals surface area contributed by atoms with E-state index >= 15 is 0 Å². The average Bonchev–Trinajstić information content (AvgIpc) is 2.64. The number of carboxylic acid groups (broad SMARTS) is 2. The van der Waals surface area contributed by atoms with Crippen LogP contribution in [0.3, 0.4) is 0 Å². The molecule has 0 bridgehead atoms. The van der Waals surface area contributed by atoms with E-state index in [4.69, 9.17) is 20.4 Å². The number of rotatable bonds is 18. The quantitative estimate of drug-likeness (QED) is 0.251. The lowest BCUT2D eigenvalue weighted by Gasteiger charge is -2.03. The molecule has 0 amide bonds. The maximum Gasteiger partial charge on any atom is 0.334 e. The van der Waals surface area contributed by atoms with Gasteiger partial charge in [-0.1, -0.05) is 96.8 Å². The summed E-state index contributed by atoms with van der Waals surface area (Å²) in [5.41, 5.74) is 0. The highest BCUT2D eigenvalue weighted by Crippen LogP contribution is 2.13. The number of hydrogen-bond acceptors (Lipinski definition) is 4. The van der Waals surface area contributed by atoms with Crippen molar-refractivity contribution in [3.05, 3.63) is 0 Å². The van der Waals surface area contributed by atoms with Crippen LogP contribution >= 0.6 is 0 Å². The first kappa shape index (κ1) is 28.1. The Kier molecular flexibility index (Phi) is 23.8. The highest BCUT2D eigenvalue weighted by molar-refractivity contribution is 5.71. The first-order valence-electron chi connectivity index (χ1n) is 10.7. The normalized spacial score (nSPS) is 11.5. The number of carboxylic acids is 2. The minimum atomic E-state index is -1.63. The maximum absolute atomic E-state index is 10.3. The van der Waals surface area contributed by atoms with E-state index in [1.165, 1.54) is 83.5 Å². The Hall–Kier alpha value is -1.14. The van der Waals surface area contributed by atoms with Crippen LogP contribution in [0.2, 0.25) is 0 Å². The largest absolute Gasteiger partial charge is 0.481 e. The van der Waals surface area contributed by atoms with Gasteiger partial charge < -0.3 is 20.4 Å². The average molecular weight is 391 g/mol. The smallest absolute Gasteiger partial charge is 0.334 e. The molecule has 0 radical (unpaired) electrons. The molecule has 162 valence electrons. The Bertz CT molecular complexity index is 333. The highest BCUT2D eigenvalue weighted by atomic mass is 16.4. The Labute approximate surface area is 165 Å². The summed E-state index contributed by atoms with van der Waals surface area (Å²) >= 11 is 0. The van der Waals surface area contributed by atoms with Gasteiger partial charge in [-0.3, -0.25) is 4.79 Å². The number of hydrogen-bond donors (Lipinski definition) is 4. The first-order chi connectivity index (χ1) is 13.0. The molecule has 4 N–H and O–H groups in total. The molecule has 0 aliphatic rings. The second-order valence-corrected chi connectivity index (χ2v) is 7.13. The van der Waals surface area contributed by atoms with Crippen molar-refractivity contribution in [3.8, 4) is 0 Å². The summed E-state index contributed by atoms with van der Waals surface area (Å²) in [5, 5.41) is 32.2. The third kappa shape index (κ3) is 27.2. The van der Waals surface area contributed by atoms with Gasteiger partial charge in [0.25, 0.3) is 0 Å². The van der Waals surface area contributed by atoms with E-state index in [1.54, 1.807) is 0 Å². The third-order valence-electron chi connectivity index (χ3n) is 4.45. The van der Waals surface area contributed by atoms with E-state index in [1.807, 2.05) is 0 Å². The summed E-state index contributed by atoms with van der Waals surface area (Å²) in [4.78, 5) is 19.9. The molecule has 0 saturated heterocycles. The topological polar surface area (TPSA) is 115 Å². The van der Waals surface area contributed by atoms with Crippen molar-refractivity contribution >= 4 is 11.9 Å². The fraction of sp³-hybridized carbons (Fsp3) is 0.905. The molecular formula is C21H42O6. The third-order valence-corrected chi connectivity index (χ3v) is 4.45. The predicted molar refractivity (Wildman–Crippen MR) is 108 cm³/mol. The molecule has 0 aromatic carbocycles. The van der Waals surface area contributed by atoms with E-state index in [-0.39, 0.29) is 0 Å². The Morgan fingerprint density at radius 3 is 1.22 bits per heavy atom. The summed E-state index contributed by atoms with van der Waals surface area (Å²) in [6.45, 7) is 1.54. The summed E-state index contributed by atoms with van der Waals surface area (Å²) in [6, 6.07) is 0. The zero-order chi connectivity index (χ0) is 20.8. The van der Waals surface area contributed by atoms with Crippen molar-refractivity contribution in [1.82, 2.24) is 0 Å². The van der Waals surface area contributed by atoms with Crippen LogP contribution in [-0.4, -0.2) is 45.1 Å². The lowest BCUT2D eigenvalue weighted by molar-refractivity contribution is -0.148.